The number of benzene rings is 2. The summed E-state index contributed by atoms with van der Waals surface area (Å²) >= 11 is 0. The molecule has 0 atom stereocenters. The zero-order valence-electron chi connectivity index (χ0n) is 11.5. The van der Waals surface area contributed by atoms with Gasteiger partial charge in [-0.1, -0.05) is 18.2 Å². The molecular formula is C16H13N3O3. The minimum absolute atomic E-state index is 0.190. The molecule has 0 bridgehead atoms. The van der Waals surface area contributed by atoms with Crippen LogP contribution >= 0.6 is 0 Å². The maximum absolute atomic E-state index is 10.9. The van der Waals surface area contributed by atoms with Gasteiger partial charge in [-0.2, -0.15) is 4.98 Å². The predicted molar refractivity (Wildman–Crippen MR) is 83.0 cm³/mol. The van der Waals surface area contributed by atoms with Crippen molar-refractivity contribution in [2.24, 2.45) is 0 Å². The van der Waals surface area contributed by atoms with Crippen molar-refractivity contribution in [3.8, 4) is 11.3 Å². The van der Waals surface area contributed by atoms with Gasteiger partial charge in [0.2, 0.25) is 0 Å². The lowest BCUT2D eigenvalue weighted by Crippen LogP contribution is -1.97. The lowest BCUT2D eigenvalue weighted by molar-refractivity contribution is 0.0697. The number of aromatic nitrogens is 1. The third-order valence-electron chi connectivity index (χ3n) is 3.07. The summed E-state index contributed by atoms with van der Waals surface area (Å²) in [7, 11) is 0. The normalized spacial score (nSPS) is 10.4. The van der Waals surface area contributed by atoms with Gasteiger partial charge in [0.05, 0.1) is 5.56 Å². The van der Waals surface area contributed by atoms with Crippen molar-refractivity contribution in [3.63, 3.8) is 0 Å². The molecule has 2 aromatic carbocycles. The molecule has 3 rings (SSSR count). The summed E-state index contributed by atoms with van der Waals surface area (Å²) in [6, 6.07) is 14.0. The first-order chi connectivity index (χ1) is 10.6. The molecule has 6 nitrogen and oxygen atoms in total. The number of carbonyl (C=O) groups is 1. The zero-order chi connectivity index (χ0) is 15.5. The number of nitrogens with zero attached hydrogens (tertiary/aromatic N) is 1. The van der Waals surface area contributed by atoms with Gasteiger partial charge in [-0.25, -0.2) is 4.79 Å². The molecule has 110 valence electrons. The van der Waals surface area contributed by atoms with Crippen molar-refractivity contribution in [3.05, 3.63) is 60.4 Å². The van der Waals surface area contributed by atoms with Gasteiger partial charge in [0.1, 0.15) is 12.0 Å². The maximum Gasteiger partial charge on any atom is 0.335 e. The molecule has 4 N–H and O–H groups in total. The minimum Gasteiger partial charge on any atom is -0.478 e. The molecule has 1 heterocycles. The van der Waals surface area contributed by atoms with Gasteiger partial charge in [-0.15, -0.1) is 0 Å². The van der Waals surface area contributed by atoms with Crippen LogP contribution in [0, 0.1) is 0 Å². The van der Waals surface area contributed by atoms with Crippen LogP contribution in [0.5, 0.6) is 0 Å². The van der Waals surface area contributed by atoms with Crippen LogP contribution in [-0.2, 0) is 0 Å². The van der Waals surface area contributed by atoms with Crippen molar-refractivity contribution in [1.29, 1.82) is 0 Å². The Hall–Kier alpha value is -3.28. The quantitative estimate of drug-likeness (QED) is 0.638. The third kappa shape index (κ3) is 2.90. The molecule has 0 amide bonds. The lowest BCUT2D eigenvalue weighted by Gasteiger charge is -2.02. The number of rotatable bonds is 4. The van der Waals surface area contributed by atoms with Crippen molar-refractivity contribution < 1.29 is 14.3 Å². The number of oxazole rings is 1. The van der Waals surface area contributed by atoms with Crippen LogP contribution in [0.2, 0.25) is 0 Å². The number of hydrogen-bond acceptors (Lipinski definition) is 5. The molecule has 0 aliphatic heterocycles. The number of nitrogens with two attached hydrogens (primary N) is 1. The van der Waals surface area contributed by atoms with E-state index in [1.54, 1.807) is 24.3 Å². The average Bonchev–Trinajstić information content (AvgIpc) is 2.96. The second-order valence-electron chi connectivity index (χ2n) is 4.67. The Morgan fingerprint density at radius 1 is 1.18 bits per heavy atom. The van der Waals surface area contributed by atoms with Crippen LogP contribution in [0.25, 0.3) is 11.3 Å². The third-order valence-corrected chi connectivity index (χ3v) is 3.07. The molecule has 0 radical (unpaired) electrons. The van der Waals surface area contributed by atoms with Crippen LogP contribution in [0.4, 0.5) is 17.4 Å². The van der Waals surface area contributed by atoms with Gasteiger partial charge in [0.15, 0.2) is 0 Å². The number of aromatic carboxylic acids is 1. The number of anilines is 3. The van der Waals surface area contributed by atoms with Crippen LogP contribution in [0.15, 0.2) is 59.2 Å². The first-order valence-corrected chi connectivity index (χ1v) is 6.53. The van der Waals surface area contributed by atoms with E-state index in [2.05, 4.69) is 10.3 Å². The Bertz CT molecular complexity index is 810. The summed E-state index contributed by atoms with van der Waals surface area (Å²) in [4.78, 5) is 15.3. The van der Waals surface area contributed by atoms with Crippen LogP contribution in [0.1, 0.15) is 10.4 Å². The summed E-state index contributed by atoms with van der Waals surface area (Å²) in [5.41, 5.74) is 8.65. The summed E-state index contributed by atoms with van der Waals surface area (Å²) in [6.45, 7) is 0. The van der Waals surface area contributed by atoms with Crippen LogP contribution in [-0.4, -0.2) is 16.1 Å². The number of carboxylic acid groups (broad SMARTS) is 1. The fourth-order valence-electron chi connectivity index (χ4n) is 1.97. The summed E-state index contributed by atoms with van der Waals surface area (Å²) in [6.07, 6.45) is 1.52. The van der Waals surface area contributed by atoms with E-state index in [0.29, 0.717) is 17.1 Å². The molecule has 0 aliphatic rings. The molecule has 0 spiro atoms. The van der Waals surface area contributed by atoms with Crippen molar-refractivity contribution in [1.82, 2.24) is 4.98 Å². The van der Waals surface area contributed by atoms with E-state index in [1.165, 1.54) is 18.4 Å². The monoisotopic (exact) mass is 295 g/mol. The topological polar surface area (TPSA) is 101 Å². The molecule has 0 saturated carbocycles. The second kappa shape index (κ2) is 5.61. The van der Waals surface area contributed by atoms with E-state index in [9.17, 15) is 4.79 Å². The van der Waals surface area contributed by atoms with E-state index in [0.717, 1.165) is 5.56 Å². The highest BCUT2D eigenvalue weighted by Crippen LogP contribution is 2.24. The summed E-state index contributed by atoms with van der Waals surface area (Å²) in [5, 5.41) is 11.9. The highest BCUT2D eigenvalue weighted by atomic mass is 16.4. The molecule has 1 aromatic heterocycles. The number of nitrogen functional groups attached to an aromatic ring is 1. The van der Waals surface area contributed by atoms with Gasteiger partial charge in [-0.3, -0.25) is 0 Å². The molecule has 0 fully saturated rings. The van der Waals surface area contributed by atoms with E-state index >= 15 is 0 Å². The van der Waals surface area contributed by atoms with Crippen LogP contribution < -0.4 is 11.1 Å². The molecule has 0 unspecified atom stereocenters. The fourth-order valence-corrected chi connectivity index (χ4v) is 1.97. The van der Waals surface area contributed by atoms with Gasteiger partial charge in [-0.05, 0) is 30.3 Å². The number of carboxylic acids is 1. The van der Waals surface area contributed by atoms with E-state index in [4.69, 9.17) is 15.3 Å². The Labute approximate surface area is 126 Å². The maximum atomic E-state index is 10.9. The van der Waals surface area contributed by atoms with Gasteiger partial charge >= 0.3 is 5.97 Å². The molecule has 6 heteroatoms. The van der Waals surface area contributed by atoms with Gasteiger partial charge < -0.3 is 20.6 Å². The standard InChI is InChI=1S/C16H13N3O3/c17-12-6-4-10(5-7-12)14-9-22-16(19-14)18-13-3-1-2-11(8-13)15(20)21/h1-9H,17H2,(H,18,19)(H,20,21). The van der Waals surface area contributed by atoms with Crippen molar-refractivity contribution in [2.45, 2.75) is 0 Å². The molecular weight excluding hydrogens is 282 g/mol. The first-order valence-electron chi connectivity index (χ1n) is 6.53. The van der Waals surface area contributed by atoms with Gasteiger partial charge in [0, 0.05) is 16.9 Å². The number of nitrogens with one attached hydrogen (secondary N) is 1. The van der Waals surface area contributed by atoms with Crippen molar-refractivity contribution >= 4 is 23.4 Å². The minimum atomic E-state index is -0.987. The molecule has 0 aliphatic carbocycles. The Balaban J connectivity index is 1.81. The van der Waals surface area contributed by atoms with Crippen LogP contribution in [0.3, 0.4) is 0 Å². The lowest BCUT2D eigenvalue weighted by atomic mass is 10.1. The number of hydrogen-bond donors (Lipinski definition) is 3. The zero-order valence-corrected chi connectivity index (χ0v) is 11.5. The predicted octanol–water partition coefficient (Wildman–Crippen LogP) is 3.37. The summed E-state index contributed by atoms with van der Waals surface area (Å²) < 4.78 is 5.35. The van der Waals surface area contributed by atoms with E-state index in [-0.39, 0.29) is 11.6 Å². The smallest absolute Gasteiger partial charge is 0.335 e. The fraction of sp³-hybridized carbons (Fsp3) is 0. The Kier molecular flexibility index (Phi) is 3.49. The summed E-state index contributed by atoms with van der Waals surface area (Å²) in [5.74, 6) is -0.987. The Morgan fingerprint density at radius 2 is 1.95 bits per heavy atom. The Morgan fingerprint density at radius 3 is 2.68 bits per heavy atom. The average molecular weight is 295 g/mol. The van der Waals surface area contributed by atoms with E-state index < -0.39 is 5.97 Å². The second-order valence-corrected chi connectivity index (χ2v) is 4.67. The van der Waals surface area contributed by atoms with Crippen molar-refractivity contribution in [2.75, 3.05) is 11.1 Å². The molecule has 3 aromatic rings. The highest BCUT2D eigenvalue weighted by Gasteiger charge is 2.08. The molecule has 22 heavy (non-hydrogen) atoms. The molecule has 0 saturated heterocycles. The highest BCUT2D eigenvalue weighted by molar-refractivity contribution is 5.89. The first kappa shape index (κ1) is 13.7. The van der Waals surface area contributed by atoms with Gasteiger partial charge in [0.25, 0.3) is 6.01 Å². The van der Waals surface area contributed by atoms with E-state index in [1.807, 2.05) is 12.1 Å². The largest absolute Gasteiger partial charge is 0.478 e. The SMILES string of the molecule is Nc1ccc(-c2coc(Nc3cccc(C(=O)O)c3)n2)cc1.